The lowest BCUT2D eigenvalue weighted by Crippen LogP contribution is -2.15. The summed E-state index contributed by atoms with van der Waals surface area (Å²) in [5, 5.41) is 9.93. The van der Waals surface area contributed by atoms with Crippen molar-refractivity contribution in [3.63, 3.8) is 0 Å². The predicted molar refractivity (Wildman–Crippen MR) is 73.9 cm³/mol. The lowest BCUT2D eigenvalue weighted by atomic mass is 10.0. The summed E-state index contributed by atoms with van der Waals surface area (Å²) in [7, 11) is 0. The van der Waals surface area contributed by atoms with Crippen LogP contribution in [-0.2, 0) is 12.8 Å². The Labute approximate surface area is 119 Å². The number of aliphatic hydroxyl groups excluding tert-OH is 1. The molecule has 0 aliphatic heterocycles. The van der Waals surface area contributed by atoms with Crippen LogP contribution >= 0.6 is 15.9 Å². The molecule has 0 radical (unpaired) electrons. The maximum Gasteiger partial charge on any atom is 0.127 e. The standard InChI is InChI=1S/C15H13BrF2O/c16-12-6-5-11(15(18)9-12)8-13(19)7-10-3-1-2-4-14(10)17/h1-6,9,13,19H,7-8H2. The van der Waals surface area contributed by atoms with Crippen LogP contribution in [0.5, 0.6) is 0 Å². The van der Waals surface area contributed by atoms with Gasteiger partial charge in [-0.15, -0.1) is 0 Å². The third kappa shape index (κ3) is 3.85. The van der Waals surface area contributed by atoms with Gasteiger partial charge in [0.2, 0.25) is 0 Å². The Hall–Kier alpha value is -1.26. The third-order valence-corrected chi connectivity index (χ3v) is 3.38. The molecular formula is C15H13BrF2O. The zero-order valence-electron chi connectivity index (χ0n) is 10.1. The van der Waals surface area contributed by atoms with Crippen LogP contribution in [0.4, 0.5) is 8.78 Å². The summed E-state index contributed by atoms with van der Waals surface area (Å²) in [5.41, 5.74) is 0.861. The molecule has 0 spiro atoms. The highest BCUT2D eigenvalue weighted by molar-refractivity contribution is 9.10. The summed E-state index contributed by atoms with van der Waals surface area (Å²) in [6.45, 7) is 0. The van der Waals surface area contributed by atoms with Crippen molar-refractivity contribution in [2.24, 2.45) is 0 Å². The number of rotatable bonds is 4. The van der Waals surface area contributed by atoms with E-state index in [0.29, 0.717) is 15.6 Å². The Bertz CT molecular complexity index is 572. The van der Waals surface area contributed by atoms with Crippen LogP contribution in [0.3, 0.4) is 0 Å². The minimum atomic E-state index is -0.812. The maximum absolute atomic E-state index is 13.6. The molecule has 4 heteroatoms. The van der Waals surface area contributed by atoms with Crippen molar-refractivity contribution in [2.45, 2.75) is 18.9 Å². The quantitative estimate of drug-likeness (QED) is 0.904. The van der Waals surface area contributed by atoms with Gasteiger partial charge in [-0.05, 0) is 29.3 Å². The van der Waals surface area contributed by atoms with Crippen molar-refractivity contribution in [1.82, 2.24) is 0 Å². The van der Waals surface area contributed by atoms with Crippen molar-refractivity contribution >= 4 is 15.9 Å². The lowest BCUT2D eigenvalue weighted by molar-refractivity contribution is 0.173. The van der Waals surface area contributed by atoms with Gasteiger partial charge in [0, 0.05) is 17.3 Å². The van der Waals surface area contributed by atoms with Crippen LogP contribution < -0.4 is 0 Å². The molecule has 1 unspecified atom stereocenters. The minimum absolute atomic E-state index is 0.160. The molecule has 2 aromatic carbocycles. The second-order valence-electron chi connectivity index (χ2n) is 4.39. The monoisotopic (exact) mass is 326 g/mol. The Balaban J connectivity index is 2.05. The van der Waals surface area contributed by atoms with E-state index >= 15 is 0 Å². The second kappa shape index (κ2) is 6.26. The van der Waals surface area contributed by atoms with Crippen molar-refractivity contribution in [3.05, 3.63) is 69.7 Å². The fourth-order valence-electron chi connectivity index (χ4n) is 1.93. The first-order valence-corrected chi connectivity index (χ1v) is 6.71. The Morgan fingerprint density at radius 3 is 2.21 bits per heavy atom. The van der Waals surface area contributed by atoms with E-state index in [1.807, 2.05) is 0 Å². The molecular weight excluding hydrogens is 314 g/mol. The van der Waals surface area contributed by atoms with Gasteiger partial charge >= 0.3 is 0 Å². The number of hydrogen-bond donors (Lipinski definition) is 1. The van der Waals surface area contributed by atoms with Gasteiger partial charge in [-0.3, -0.25) is 0 Å². The van der Waals surface area contributed by atoms with E-state index in [1.165, 1.54) is 12.1 Å². The Kier molecular flexibility index (Phi) is 4.66. The maximum atomic E-state index is 13.6. The van der Waals surface area contributed by atoms with Gasteiger partial charge in [-0.25, -0.2) is 8.78 Å². The van der Waals surface area contributed by atoms with Crippen LogP contribution in [0.25, 0.3) is 0 Å². The van der Waals surface area contributed by atoms with Gasteiger partial charge in [0.05, 0.1) is 6.10 Å². The van der Waals surface area contributed by atoms with Crippen LogP contribution in [-0.4, -0.2) is 11.2 Å². The Morgan fingerprint density at radius 2 is 1.58 bits per heavy atom. The van der Waals surface area contributed by atoms with E-state index in [1.54, 1.807) is 30.3 Å². The van der Waals surface area contributed by atoms with Gasteiger partial charge in [-0.2, -0.15) is 0 Å². The van der Waals surface area contributed by atoms with E-state index in [-0.39, 0.29) is 24.5 Å². The van der Waals surface area contributed by atoms with Gasteiger partial charge in [-0.1, -0.05) is 40.2 Å². The number of benzene rings is 2. The molecule has 100 valence electrons. The van der Waals surface area contributed by atoms with E-state index < -0.39 is 6.10 Å². The minimum Gasteiger partial charge on any atom is -0.392 e. The molecule has 2 rings (SSSR count). The summed E-state index contributed by atoms with van der Waals surface area (Å²) < 4.78 is 27.7. The van der Waals surface area contributed by atoms with Crippen LogP contribution in [0, 0.1) is 11.6 Å². The number of halogens is 3. The van der Waals surface area contributed by atoms with E-state index in [4.69, 9.17) is 0 Å². The first-order chi connectivity index (χ1) is 9.06. The SMILES string of the molecule is OC(Cc1ccccc1F)Cc1ccc(Br)cc1F. The van der Waals surface area contributed by atoms with Gasteiger partial charge in [0.1, 0.15) is 11.6 Å². The zero-order chi connectivity index (χ0) is 13.8. The molecule has 19 heavy (non-hydrogen) atoms. The average Bonchev–Trinajstić information content (AvgIpc) is 2.36. The molecule has 1 N–H and O–H groups in total. The van der Waals surface area contributed by atoms with Gasteiger partial charge < -0.3 is 5.11 Å². The fourth-order valence-corrected chi connectivity index (χ4v) is 2.26. The van der Waals surface area contributed by atoms with E-state index in [2.05, 4.69) is 15.9 Å². The van der Waals surface area contributed by atoms with E-state index in [9.17, 15) is 13.9 Å². The molecule has 2 aromatic rings. The van der Waals surface area contributed by atoms with Gasteiger partial charge in [0.15, 0.2) is 0 Å². The third-order valence-electron chi connectivity index (χ3n) is 2.88. The smallest absolute Gasteiger partial charge is 0.127 e. The average molecular weight is 327 g/mol. The molecule has 0 bridgehead atoms. The molecule has 0 aromatic heterocycles. The molecule has 0 amide bonds. The van der Waals surface area contributed by atoms with Crippen LogP contribution in [0.2, 0.25) is 0 Å². The highest BCUT2D eigenvalue weighted by atomic mass is 79.9. The summed E-state index contributed by atoms with van der Waals surface area (Å²) in [4.78, 5) is 0. The summed E-state index contributed by atoms with van der Waals surface area (Å²) in [6, 6.07) is 11.0. The van der Waals surface area contributed by atoms with Crippen molar-refractivity contribution in [3.8, 4) is 0 Å². The van der Waals surface area contributed by atoms with Crippen molar-refractivity contribution in [1.29, 1.82) is 0 Å². The van der Waals surface area contributed by atoms with Crippen molar-refractivity contribution < 1.29 is 13.9 Å². The molecule has 1 nitrogen and oxygen atoms in total. The number of aliphatic hydroxyl groups is 1. The molecule has 0 aliphatic rings. The van der Waals surface area contributed by atoms with Crippen LogP contribution in [0.1, 0.15) is 11.1 Å². The van der Waals surface area contributed by atoms with Gasteiger partial charge in [0.25, 0.3) is 0 Å². The second-order valence-corrected chi connectivity index (χ2v) is 5.30. The largest absolute Gasteiger partial charge is 0.392 e. The molecule has 0 saturated carbocycles. The predicted octanol–water partition coefficient (Wildman–Crippen LogP) is 3.87. The normalized spacial score (nSPS) is 12.4. The summed E-state index contributed by atoms with van der Waals surface area (Å²) in [5.74, 6) is -0.722. The first kappa shape index (κ1) is 14.2. The molecule has 0 aliphatic carbocycles. The lowest BCUT2D eigenvalue weighted by Gasteiger charge is -2.12. The summed E-state index contributed by atoms with van der Waals surface area (Å²) in [6.07, 6.45) is -0.483. The summed E-state index contributed by atoms with van der Waals surface area (Å²) >= 11 is 3.17. The highest BCUT2D eigenvalue weighted by Gasteiger charge is 2.12. The first-order valence-electron chi connectivity index (χ1n) is 5.91. The molecule has 0 heterocycles. The van der Waals surface area contributed by atoms with Crippen LogP contribution in [0.15, 0.2) is 46.9 Å². The molecule has 0 saturated heterocycles. The molecule has 1 atom stereocenters. The fraction of sp³-hybridized carbons (Fsp3) is 0.200. The highest BCUT2D eigenvalue weighted by Crippen LogP contribution is 2.18. The molecule has 0 fully saturated rings. The zero-order valence-corrected chi connectivity index (χ0v) is 11.7. The van der Waals surface area contributed by atoms with E-state index in [0.717, 1.165) is 0 Å². The van der Waals surface area contributed by atoms with Crippen molar-refractivity contribution in [2.75, 3.05) is 0 Å². The Morgan fingerprint density at radius 1 is 0.947 bits per heavy atom. The topological polar surface area (TPSA) is 20.2 Å². The number of hydrogen-bond acceptors (Lipinski definition) is 1.